The molecular weight excluding hydrogens is 356 g/mol. The molecule has 3 aromatic rings. The van der Waals surface area contributed by atoms with Gasteiger partial charge < -0.3 is 10.2 Å². The molecule has 0 aromatic heterocycles. The van der Waals surface area contributed by atoms with Crippen LogP contribution in [0.3, 0.4) is 0 Å². The Morgan fingerprint density at radius 2 is 1.41 bits per heavy atom. The quantitative estimate of drug-likeness (QED) is 0.417. The Morgan fingerprint density at radius 3 is 2.00 bits per heavy atom. The number of carbonyl (C=O) groups is 1. The zero-order valence-electron chi connectivity index (χ0n) is 17.1. The van der Waals surface area contributed by atoms with Gasteiger partial charge in [0.2, 0.25) is 0 Å². The molecule has 1 N–H and O–H groups in total. The predicted octanol–water partition coefficient (Wildman–Crippen LogP) is 5.39. The molecule has 0 fully saturated rings. The van der Waals surface area contributed by atoms with Crippen LogP contribution in [-0.2, 0) is 11.3 Å². The number of nitrogens with one attached hydrogen (secondary N) is 1. The van der Waals surface area contributed by atoms with Gasteiger partial charge in [-0.3, -0.25) is 4.79 Å². The van der Waals surface area contributed by atoms with Gasteiger partial charge in [-0.25, -0.2) is 0 Å². The first-order valence-electron chi connectivity index (χ1n) is 10.2. The van der Waals surface area contributed by atoms with Gasteiger partial charge in [0.25, 0.3) is 5.91 Å². The highest BCUT2D eigenvalue weighted by Crippen LogP contribution is 2.19. The summed E-state index contributed by atoms with van der Waals surface area (Å²) in [5.41, 5.74) is 4.87. The van der Waals surface area contributed by atoms with Gasteiger partial charge in [0.05, 0.1) is 0 Å². The molecule has 0 bridgehead atoms. The second kappa shape index (κ2) is 10.3. The molecule has 29 heavy (non-hydrogen) atoms. The fraction of sp³-hybridized carbons (Fsp3) is 0.192. The third-order valence-corrected chi connectivity index (χ3v) is 4.96. The van der Waals surface area contributed by atoms with E-state index in [0.717, 1.165) is 29.8 Å². The second-order valence-electron chi connectivity index (χ2n) is 6.86. The van der Waals surface area contributed by atoms with E-state index in [2.05, 4.69) is 48.3 Å². The first-order valence-corrected chi connectivity index (χ1v) is 10.2. The molecule has 0 aliphatic carbocycles. The molecule has 3 rings (SSSR count). The molecule has 0 heterocycles. The number of carbonyl (C=O) groups excluding carboxylic acids is 1. The van der Waals surface area contributed by atoms with Crippen molar-refractivity contribution < 1.29 is 4.79 Å². The minimum Gasteiger partial charge on any atom is -0.372 e. The fourth-order valence-electron chi connectivity index (χ4n) is 3.30. The van der Waals surface area contributed by atoms with Crippen LogP contribution in [0.15, 0.2) is 84.9 Å². The molecule has 0 aliphatic heterocycles. The molecule has 3 aromatic carbocycles. The van der Waals surface area contributed by atoms with Crippen molar-refractivity contribution in [1.29, 1.82) is 0 Å². The molecule has 0 atom stereocenters. The monoisotopic (exact) mass is 384 g/mol. The number of benzene rings is 3. The molecule has 1 amide bonds. The van der Waals surface area contributed by atoms with E-state index in [1.165, 1.54) is 5.69 Å². The normalized spacial score (nSPS) is 11.2. The molecule has 3 nitrogen and oxygen atoms in total. The van der Waals surface area contributed by atoms with E-state index in [1.54, 1.807) is 0 Å². The van der Waals surface area contributed by atoms with E-state index >= 15 is 0 Å². The maximum Gasteiger partial charge on any atom is 0.252 e. The lowest BCUT2D eigenvalue weighted by Crippen LogP contribution is -2.24. The van der Waals surface area contributed by atoms with Crippen molar-refractivity contribution in [3.8, 4) is 0 Å². The van der Waals surface area contributed by atoms with Gasteiger partial charge in [-0.05, 0) is 48.7 Å². The standard InChI is InChI=1S/C26H28N2O/c1-3-28(4-2)24-17-15-22(16-18-24)20-27-26(29)25(23-13-9-6-10-14-23)19-21-11-7-5-8-12-21/h5-19H,3-4,20H2,1-2H3,(H,27,29)/b25-19+. The number of nitrogens with zero attached hydrogens (tertiary/aromatic N) is 1. The van der Waals surface area contributed by atoms with Gasteiger partial charge in [-0.1, -0.05) is 72.8 Å². The minimum absolute atomic E-state index is 0.0760. The van der Waals surface area contributed by atoms with E-state index in [1.807, 2.05) is 66.7 Å². The highest BCUT2D eigenvalue weighted by atomic mass is 16.1. The Hall–Kier alpha value is -3.33. The van der Waals surface area contributed by atoms with Crippen LogP contribution < -0.4 is 10.2 Å². The summed E-state index contributed by atoms with van der Waals surface area (Å²) in [6.07, 6.45) is 1.94. The predicted molar refractivity (Wildman–Crippen MR) is 123 cm³/mol. The third kappa shape index (κ3) is 5.58. The number of rotatable bonds is 8. The number of hydrogen-bond donors (Lipinski definition) is 1. The summed E-state index contributed by atoms with van der Waals surface area (Å²) in [6.45, 7) is 6.77. The van der Waals surface area contributed by atoms with E-state index in [4.69, 9.17) is 0 Å². The summed E-state index contributed by atoms with van der Waals surface area (Å²) >= 11 is 0. The molecule has 0 spiro atoms. The van der Waals surface area contributed by atoms with Crippen LogP contribution in [0.25, 0.3) is 11.6 Å². The van der Waals surface area contributed by atoms with Crippen LogP contribution in [0.2, 0.25) is 0 Å². The van der Waals surface area contributed by atoms with Gasteiger partial charge in [-0.15, -0.1) is 0 Å². The molecule has 0 saturated heterocycles. The van der Waals surface area contributed by atoms with Crippen molar-refractivity contribution in [3.05, 3.63) is 102 Å². The molecular formula is C26H28N2O. The maximum atomic E-state index is 13.0. The third-order valence-electron chi connectivity index (χ3n) is 4.96. The SMILES string of the molecule is CCN(CC)c1ccc(CNC(=O)/C(=C/c2ccccc2)c2ccccc2)cc1. The van der Waals surface area contributed by atoms with Crippen molar-refractivity contribution in [2.45, 2.75) is 20.4 Å². The fourth-order valence-corrected chi connectivity index (χ4v) is 3.30. The molecule has 148 valence electrons. The Balaban J connectivity index is 1.75. The van der Waals surface area contributed by atoms with Gasteiger partial charge in [0.15, 0.2) is 0 Å². The van der Waals surface area contributed by atoms with Gasteiger partial charge >= 0.3 is 0 Å². The summed E-state index contributed by atoms with van der Waals surface area (Å²) in [5, 5.41) is 3.07. The molecule has 0 radical (unpaired) electrons. The topological polar surface area (TPSA) is 32.3 Å². The van der Waals surface area contributed by atoms with Crippen LogP contribution in [0.1, 0.15) is 30.5 Å². The van der Waals surface area contributed by atoms with Crippen LogP contribution in [-0.4, -0.2) is 19.0 Å². The number of amides is 1. The number of anilines is 1. The Morgan fingerprint density at radius 1 is 0.828 bits per heavy atom. The Kier molecular flexibility index (Phi) is 7.23. The van der Waals surface area contributed by atoms with E-state index < -0.39 is 0 Å². The first kappa shape index (κ1) is 20.4. The van der Waals surface area contributed by atoms with Crippen molar-refractivity contribution in [2.24, 2.45) is 0 Å². The van der Waals surface area contributed by atoms with Gasteiger partial charge in [-0.2, -0.15) is 0 Å². The zero-order chi connectivity index (χ0) is 20.5. The van der Waals surface area contributed by atoms with Crippen LogP contribution >= 0.6 is 0 Å². The van der Waals surface area contributed by atoms with Crippen LogP contribution in [0.4, 0.5) is 5.69 Å². The Labute approximate surface area is 173 Å². The average Bonchev–Trinajstić information content (AvgIpc) is 2.79. The zero-order valence-corrected chi connectivity index (χ0v) is 17.1. The number of hydrogen-bond acceptors (Lipinski definition) is 2. The average molecular weight is 385 g/mol. The summed E-state index contributed by atoms with van der Waals surface area (Å²) in [5.74, 6) is -0.0760. The summed E-state index contributed by atoms with van der Waals surface area (Å²) < 4.78 is 0. The minimum atomic E-state index is -0.0760. The van der Waals surface area contributed by atoms with E-state index in [0.29, 0.717) is 12.1 Å². The van der Waals surface area contributed by atoms with Crippen molar-refractivity contribution in [1.82, 2.24) is 5.32 Å². The van der Waals surface area contributed by atoms with E-state index in [9.17, 15) is 4.79 Å². The van der Waals surface area contributed by atoms with Crippen LogP contribution in [0.5, 0.6) is 0 Å². The Bertz CT molecular complexity index is 927. The molecule has 0 saturated carbocycles. The summed E-state index contributed by atoms with van der Waals surface area (Å²) in [4.78, 5) is 15.3. The largest absolute Gasteiger partial charge is 0.372 e. The van der Waals surface area contributed by atoms with Crippen molar-refractivity contribution in [3.63, 3.8) is 0 Å². The summed E-state index contributed by atoms with van der Waals surface area (Å²) in [6, 6.07) is 28.1. The molecule has 3 heteroatoms. The highest BCUT2D eigenvalue weighted by molar-refractivity contribution is 6.24. The first-order chi connectivity index (χ1) is 14.2. The van der Waals surface area contributed by atoms with Gasteiger partial charge in [0.1, 0.15) is 0 Å². The highest BCUT2D eigenvalue weighted by Gasteiger charge is 2.12. The van der Waals surface area contributed by atoms with E-state index in [-0.39, 0.29) is 5.91 Å². The van der Waals surface area contributed by atoms with Crippen LogP contribution in [0, 0.1) is 0 Å². The second-order valence-corrected chi connectivity index (χ2v) is 6.86. The van der Waals surface area contributed by atoms with Crippen molar-refractivity contribution in [2.75, 3.05) is 18.0 Å². The maximum absolute atomic E-state index is 13.0. The van der Waals surface area contributed by atoms with Gasteiger partial charge in [0, 0.05) is 30.9 Å². The lowest BCUT2D eigenvalue weighted by Gasteiger charge is -2.21. The summed E-state index contributed by atoms with van der Waals surface area (Å²) in [7, 11) is 0. The lowest BCUT2D eigenvalue weighted by molar-refractivity contribution is -0.115. The molecule has 0 unspecified atom stereocenters. The van der Waals surface area contributed by atoms with Crippen molar-refractivity contribution >= 4 is 23.2 Å². The smallest absolute Gasteiger partial charge is 0.252 e. The lowest BCUT2D eigenvalue weighted by atomic mass is 10.0. The molecule has 0 aliphatic rings.